The second-order valence-electron chi connectivity index (χ2n) is 4.75. The maximum Gasteiger partial charge on any atom is 0.222 e. The number of anilines is 1. The van der Waals surface area contributed by atoms with Crippen molar-refractivity contribution >= 4 is 11.6 Å². The van der Waals surface area contributed by atoms with Crippen molar-refractivity contribution in [2.75, 3.05) is 31.1 Å². The predicted octanol–water partition coefficient (Wildman–Crippen LogP) is 2.01. The van der Waals surface area contributed by atoms with E-state index in [1.54, 1.807) is 0 Å². The van der Waals surface area contributed by atoms with Gasteiger partial charge in [-0.25, -0.2) is 0 Å². The molecule has 0 aromatic heterocycles. The van der Waals surface area contributed by atoms with Crippen LogP contribution in [-0.2, 0) is 4.79 Å². The molecule has 4 nitrogen and oxygen atoms in total. The summed E-state index contributed by atoms with van der Waals surface area (Å²) in [6.07, 6.45) is 1.53. The third-order valence-electron chi connectivity index (χ3n) is 3.46. The lowest BCUT2D eigenvalue weighted by Crippen LogP contribution is -2.48. The van der Waals surface area contributed by atoms with E-state index in [4.69, 9.17) is 5.26 Å². The molecule has 2 rings (SSSR count). The second kappa shape index (κ2) is 6.24. The molecule has 1 aromatic carbocycles. The molecule has 0 saturated carbocycles. The molecular weight excluding hydrogens is 238 g/mol. The van der Waals surface area contributed by atoms with Crippen LogP contribution in [0.1, 0.15) is 25.3 Å². The second-order valence-corrected chi connectivity index (χ2v) is 4.75. The minimum Gasteiger partial charge on any atom is -0.367 e. The first-order valence-electron chi connectivity index (χ1n) is 6.78. The molecule has 0 atom stereocenters. The molecule has 0 unspecified atom stereocenters. The van der Waals surface area contributed by atoms with Gasteiger partial charge in [0, 0.05) is 32.6 Å². The first-order valence-corrected chi connectivity index (χ1v) is 6.78. The molecule has 4 heteroatoms. The van der Waals surface area contributed by atoms with Crippen LogP contribution in [0.25, 0.3) is 0 Å². The molecule has 0 N–H and O–H groups in total. The minimum absolute atomic E-state index is 0.246. The van der Waals surface area contributed by atoms with Gasteiger partial charge in [-0.3, -0.25) is 4.79 Å². The monoisotopic (exact) mass is 257 g/mol. The average molecular weight is 257 g/mol. The van der Waals surface area contributed by atoms with Gasteiger partial charge in [-0.05, 0) is 18.6 Å². The number of hydrogen-bond donors (Lipinski definition) is 0. The standard InChI is InChI=1S/C15H19N3O/c1-2-5-15(19)18-10-8-17(9-11-18)14-7-4-3-6-13(14)12-16/h3-4,6-7H,2,5,8-11H2,1H3. The van der Waals surface area contributed by atoms with Crippen LogP contribution in [0.3, 0.4) is 0 Å². The number of para-hydroxylation sites is 1. The van der Waals surface area contributed by atoms with Crippen molar-refractivity contribution < 1.29 is 4.79 Å². The number of rotatable bonds is 3. The Morgan fingerprint density at radius 2 is 1.95 bits per heavy atom. The maximum atomic E-state index is 11.8. The fourth-order valence-electron chi connectivity index (χ4n) is 2.41. The maximum absolute atomic E-state index is 11.8. The van der Waals surface area contributed by atoms with Crippen molar-refractivity contribution in [3.63, 3.8) is 0 Å². The van der Waals surface area contributed by atoms with Crippen LogP contribution in [0, 0.1) is 11.3 Å². The highest BCUT2D eigenvalue weighted by Crippen LogP contribution is 2.21. The number of carbonyl (C=O) groups excluding carboxylic acids is 1. The van der Waals surface area contributed by atoms with Gasteiger partial charge in [0.25, 0.3) is 0 Å². The van der Waals surface area contributed by atoms with Crippen molar-refractivity contribution in [2.45, 2.75) is 19.8 Å². The summed E-state index contributed by atoms with van der Waals surface area (Å²) in [6.45, 7) is 5.12. The van der Waals surface area contributed by atoms with Crippen LogP contribution in [0.2, 0.25) is 0 Å². The average Bonchev–Trinajstić information content (AvgIpc) is 2.47. The summed E-state index contributed by atoms with van der Waals surface area (Å²) >= 11 is 0. The highest BCUT2D eigenvalue weighted by molar-refractivity contribution is 5.76. The summed E-state index contributed by atoms with van der Waals surface area (Å²) in [4.78, 5) is 15.9. The quantitative estimate of drug-likeness (QED) is 0.832. The van der Waals surface area contributed by atoms with E-state index in [-0.39, 0.29) is 5.91 Å². The predicted molar refractivity (Wildman–Crippen MR) is 74.9 cm³/mol. The zero-order valence-corrected chi connectivity index (χ0v) is 11.3. The molecule has 1 saturated heterocycles. The zero-order chi connectivity index (χ0) is 13.7. The molecule has 1 fully saturated rings. The molecule has 100 valence electrons. The molecule has 1 amide bonds. The molecule has 1 aromatic rings. The molecule has 0 spiro atoms. The Kier molecular flexibility index (Phi) is 4.40. The number of nitriles is 1. The topological polar surface area (TPSA) is 47.3 Å². The number of carbonyl (C=O) groups is 1. The summed E-state index contributed by atoms with van der Waals surface area (Å²) in [5, 5.41) is 9.12. The van der Waals surface area contributed by atoms with E-state index in [9.17, 15) is 4.79 Å². The fraction of sp³-hybridized carbons (Fsp3) is 0.467. The van der Waals surface area contributed by atoms with E-state index in [0.29, 0.717) is 12.0 Å². The van der Waals surface area contributed by atoms with E-state index >= 15 is 0 Å². The summed E-state index contributed by atoms with van der Waals surface area (Å²) in [5.74, 6) is 0.246. The van der Waals surface area contributed by atoms with Gasteiger partial charge in [0.2, 0.25) is 5.91 Å². The lowest BCUT2D eigenvalue weighted by Gasteiger charge is -2.36. The van der Waals surface area contributed by atoms with Crippen molar-refractivity contribution in [1.82, 2.24) is 4.90 Å². The minimum atomic E-state index is 0.246. The van der Waals surface area contributed by atoms with Crippen LogP contribution < -0.4 is 4.90 Å². The Hall–Kier alpha value is -2.02. The van der Waals surface area contributed by atoms with Gasteiger partial charge in [0.05, 0.1) is 11.3 Å². The molecule has 1 aliphatic rings. The fourth-order valence-corrected chi connectivity index (χ4v) is 2.41. The van der Waals surface area contributed by atoms with Crippen molar-refractivity contribution in [3.05, 3.63) is 29.8 Å². The van der Waals surface area contributed by atoms with Gasteiger partial charge >= 0.3 is 0 Å². The summed E-state index contributed by atoms with van der Waals surface area (Å²) < 4.78 is 0. The van der Waals surface area contributed by atoms with Crippen molar-refractivity contribution in [3.8, 4) is 6.07 Å². The van der Waals surface area contributed by atoms with Crippen LogP contribution in [-0.4, -0.2) is 37.0 Å². The van der Waals surface area contributed by atoms with Gasteiger partial charge < -0.3 is 9.80 Å². The van der Waals surface area contributed by atoms with Crippen LogP contribution in [0.15, 0.2) is 24.3 Å². The number of amides is 1. The molecular formula is C15H19N3O. The molecule has 0 bridgehead atoms. The van der Waals surface area contributed by atoms with Gasteiger partial charge in [-0.1, -0.05) is 19.1 Å². The van der Waals surface area contributed by atoms with Gasteiger partial charge in [0.1, 0.15) is 6.07 Å². The van der Waals surface area contributed by atoms with E-state index in [0.717, 1.165) is 38.3 Å². The van der Waals surface area contributed by atoms with E-state index in [1.807, 2.05) is 36.1 Å². The molecule has 0 aliphatic carbocycles. The molecule has 0 radical (unpaired) electrons. The van der Waals surface area contributed by atoms with Gasteiger partial charge in [0.15, 0.2) is 0 Å². The first kappa shape index (κ1) is 13.4. The van der Waals surface area contributed by atoms with Crippen LogP contribution >= 0.6 is 0 Å². The summed E-state index contributed by atoms with van der Waals surface area (Å²) in [5.41, 5.74) is 1.68. The summed E-state index contributed by atoms with van der Waals surface area (Å²) in [6, 6.07) is 9.86. The van der Waals surface area contributed by atoms with E-state index < -0.39 is 0 Å². The third kappa shape index (κ3) is 3.05. The zero-order valence-electron chi connectivity index (χ0n) is 11.3. The highest BCUT2D eigenvalue weighted by Gasteiger charge is 2.21. The Morgan fingerprint density at radius 1 is 1.26 bits per heavy atom. The van der Waals surface area contributed by atoms with Gasteiger partial charge in [-0.15, -0.1) is 0 Å². The van der Waals surface area contributed by atoms with E-state index in [1.165, 1.54) is 0 Å². The number of nitrogens with zero attached hydrogens (tertiary/aromatic N) is 3. The first-order chi connectivity index (χ1) is 9.26. The molecule has 1 heterocycles. The lowest BCUT2D eigenvalue weighted by atomic mass is 10.1. The summed E-state index contributed by atoms with van der Waals surface area (Å²) in [7, 11) is 0. The highest BCUT2D eigenvalue weighted by atomic mass is 16.2. The number of piperazine rings is 1. The lowest BCUT2D eigenvalue weighted by molar-refractivity contribution is -0.131. The number of benzene rings is 1. The largest absolute Gasteiger partial charge is 0.367 e. The van der Waals surface area contributed by atoms with Crippen LogP contribution in [0.5, 0.6) is 0 Å². The Labute approximate surface area is 114 Å². The smallest absolute Gasteiger partial charge is 0.222 e. The third-order valence-corrected chi connectivity index (χ3v) is 3.46. The normalized spacial score (nSPS) is 15.2. The SMILES string of the molecule is CCCC(=O)N1CCN(c2ccccc2C#N)CC1. The van der Waals surface area contributed by atoms with Gasteiger partial charge in [-0.2, -0.15) is 5.26 Å². The van der Waals surface area contributed by atoms with Crippen LogP contribution in [0.4, 0.5) is 5.69 Å². The Balaban J connectivity index is 2.00. The number of hydrogen-bond acceptors (Lipinski definition) is 3. The molecule has 19 heavy (non-hydrogen) atoms. The molecule has 1 aliphatic heterocycles. The van der Waals surface area contributed by atoms with E-state index in [2.05, 4.69) is 11.0 Å². The Morgan fingerprint density at radius 3 is 2.58 bits per heavy atom. The van der Waals surface area contributed by atoms with Crippen molar-refractivity contribution in [2.24, 2.45) is 0 Å². The Bertz CT molecular complexity index is 484. The van der Waals surface area contributed by atoms with Crippen molar-refractivity contribution in [1.29, 1.82) is 5.26 Å².